The van der Waals surface area contributed by atoms with E-state index >= 15 is 0 Å². The van der Waals surface area contributed by atoms with E-state index in [2.05, 4.69) is 67.2 Å². The third kappa shape index (κ3) is 15.1. The minimum atomic E-state index is -0.389. The maximum atomic E-state index is 12.5. The second kappa shape index (κ2) is 23.2. The van der Waals surface area contributed by atoms with Gasteiger partial charge in [-0.1, -0.05) is 75.2 Å². The number of piperidine rings is 1. The van der Waals surface area contributed by atoms with Gasteiger partial charge in [0.1, 0.15) is 6.10 Å². The molecule has 7 heteroatoms. The zero-order chi connectivity index (χ0) is 38.3. The van der Waals surface area contributed by atoms with Crippen LogP contribution >= 0.6 is 0 Å². The van der Waals surface area contributed by atoms with E-state index in [1.807, 2.05) is 20.8 Å². The van der Waals surface area contributed by atoms with Gasteiger partial charge in [0.15, 0.2) is 6.29 Å². The van der Waals surface area contributed by atoms with Crippen molar-refractivity contribution in [3.05, 3.63) is 0 Å². The Morgan fingerprint density at radius 3 is 2.10 bits per heavy atom. The number of hydrogen-bond acceptors (Lipinski definition) is 7. The fraction of sp³-hybridized carbons (Fsp3) is 0.977. The molecule has 0 aromatic heterocycles. The number of nitrogens with zero attached hydrogens (tertiary/aromatic N) is 1. The van der Waals surface area contributed by atoms with Crippen LogP contribution in [0.15, 0.2) is 0 Å². The number of cyclic esters (lactones) is 1. The number of carbonyl (C=O) groups excluding carboxylic acids is 1. The number of rotatable bonds is 6. The predicted molar refractivity (Wildman–Crippen MR) is 212 cm³/mol. The van der Waals surface area contributed by atoms with Crippen LogP contribution in [-0.4, -0.2) is 79.0 Å². The molecule has 4 saturated heterocycles. The average Bonchev–Trinajstić information content (AvgIpc) is 3.84. The van der Waals surface area contributed by atoms with Crippen molar-refractivity contribution in [1.82, 2.24) is 4.90 Å². The van der Waals surface area contributed by atoms with Crippen LogP contribution in [0.2, 0.25) is 0 Å². The summed E-state index contributed by atoms with van der Waals surface area (Å²) in [4.78, 5) is 15.1. The summed E-state index contributed by atoms with van der Waals surface area (Å²) in [6.07, 6.45) is 17.0. The first kappa shape index (κ1) is 46.4. The Balaban J connectivity index is 0.000000275. The van der Waals surface area contributed by atoms with Crippen LogP contribution in [0.1, 0.15) is 173 Å². The maximum Gasteiger partial charge on any atom is 0.308 e. The topological polar surface area (TPSA) is 77.5 Å². The molecule has 5 rings (SSSR count). The summed E-state index contributed by atoms with van der Waals surface area (Å²) in [5.41, 5.74) is 0.705. The van der Waals surface area contributed by atoms with Gasteiger partial charge in [-0.05, 0) is 133 Å². The molecule has 51 heavy (non-hydrogen) atoms. The maximum absolute atomic E-state index is 12.5. The number of aliphatic hydroxyl groups is 1. The Morgan fingerprint density at radius 2 is 1.49 bits per heavy atom. The summed E-state index contributed by atoms with van der Waals surface area (Å²) in [6.45, 7) is 28.4. The third-order valence-electron chi connectivity index (χ3n) is 12.8. The highest BCUT2D eigenvalue weighted by Crippen LogP contribution is 2.63. The van der Waals surface area contributed by atoms with Gasteiger partial charge in [-0.3, -0.25) is 4.79 Å². The van der Waals surface area contributed by atoms with Crippen molar-refractivity contribution in [1.29, 1.82) is 0 Å². The largest absolute Gasteiger partial charge is 0.462 e. The molecule has 5 aliphatic rings. The van der Waals surface area contributed by atoms with Gasteiger partial charge in [0.05, 0.1) is 30.3 Å². The fourth-order valence-corrected chi connectivity index (χ4v) is 9.86. The number of hydrogen-bond donors (Lipinski definition) is 1. The lowest BCUT2D eigenvalue weighted by Crippen LogP contribution is -2.47. The predicted octanol–water partition coefficient (Wildman–Crippen LogP) is 10.5. The first-order valence-corrected chi connectivity index (χ1v) is 21.7. The fourth-order valence-electron chi connectivity index (χ4n) is 9.86. The number of fused-ring (bicyclic) bond motifs is 1. The lowest BCUT2D eigenvalue weighted by Gasteiger charge is -2.41. The van der Waals surface area contributed by atoms with Crippen LogP contribution in [0.5, 0.6) is 0 Å². The van der Waals surface area contributed by atoms with Gasteiger partial charge in [0.25, 0.3) is 0 Å². The van der Waals surface area contributed by atoms with Crippen molar-refractivity contribution in [2.75, 3.05) is 20.2 Å². The molecule has 14 atom stereocenters. The molecule has 13 unspecified atom stereocenters. The van der Waals surface area contributed by atoms with Crippen LogP contribution in [0.25, 0.3) is 0 Å². The summed E-state index contributed by atoms with van der Waals surface area (Å²) < 4.78 is 22.7. The van der Waals surface area contributed by atoms with Crippen molar-refractivity contribution >= 4 is 5.97 Å². The highest BCUT2D eigenvalue weighted by molar-refractivity contribution is 5.72. The van der Waals surface area contributed by atoms with Crippen molar-refractivity contribution in [3.8, 4) is 0 Å². The van der Waals surface area contributed by atoms with E-state index in [0.717, 1.165) is 44.4 Å². The zero-order valence-corrected chi connectivity index (χ0v) is 35.8. The van der Waals surface area contributed by atoms with Crippen molar-refractivity contribution in [2.24, 2.45) is 40.9 Å². The molecular weight excluding hydrogens is 638 g/mol. The van der Waals surface area contributed by atoms with Gasteiger partial charge >= 0.3 is 5.97 Å². The van der Waals surface area contributed by atoms with E-state index in [-0.39, 0.29) is 36.3 Å². The molecule has 0 spiro atoms. The molecule has 0 radical (unpaired) electrons. The van der Waals surface area contributed by atoms with Crippen LogP contribution in [0.3, 0.4) is 0 Å². The molecule has 0 aromatic rings. The Morgan fingerprint density at radius 1 is 0.843 bits per heavy atom. The highest BCUT2D eigenvalue weighted by Gasteiger charge is 2.58. The number of likely N-dealkylation sites (tertiary alicyclic amines) is 1. The molecule has 1 N–H and O–H groups in total. The molecular formula is C44H85NO6. The highest BCUT2D eigenvalue weighted by atomic mass is 16.7. The minimum absolute atomic E-state index is 0.0145. The number of methoxy groups -OCH3 is 1. The molecule has 5 fully saturated rings. The Hall–Kier alpha value is -0.730. The number of esters is 1. The van der Waals surface area contributed by atoms with E-state index < -0.39 is 0 Å². The van der Waals surface area contributed by atoms with Crippen molar-refractivity contribution in [3.63, 3.8) is 0 Å². The van der Waals surface area contributed by atoms with E-state index in [9.17, 15) is 9.90 Å². The molecule has 1 saturated carbocycles. The summed E-state index contributed by atoms with van der Waals surface area (Å²) in [6, 6.07) is 0.680. The number of carbonyl (C=O) groups is 1. The third-order valence-corrected chi connectivity index (χ3v) is 12.8. The van der Waals surface area contributed by atoms with E-state index in [0.29, 0.717) is 53.9 Å². The van der Waals surface area contributed by atoms with E-state index in [4.69, 9.17) is 18.9 Å². The molecule has 4 aliphatic heterocycles. The summed E-state index contributed by atoms with van der Waals surface area (Å²) in [5, 5.41) is 10.6. The lowest BCUT2D eigenvalue weighted by atomic mass is 9.82. The van der Waals surface area contributed by atoms with Gasteiger partial charge in [-0.15, -0.1) is 0 Å². The average molecular weight is 724 g/mol. The molecule has 0 amide bonds. The van der Waals surface area contributed by atoms with Gasteiger partial charge < -0.3 is 29.0 Å². The number of ether oxygens (including phenoxy) is 4. The molecule has 7 nitrogen and oxygen atoms in total. The second-order valence-corrected chi connectivity index (χ2v) is 17.6. The molecule has 0 aromatic carbocycles. The summed E-state index contributed by atoms with van der Waals surface area (Å²) in [5.74, 6) is 2.41. The molecule has 302 valence electrons. The Labute approximate surface area is 316 Å². The second-order valence-electron chi connectivity index (χ2n) is 17.6. The summed E-state index contributed by atoms with van der Waals surface area (Å²) >= 11 is 0. The SMILES string of the molecule is CC.CCC12CC(C)OC(C)C1C2.CCCC(C)C1CC(O)C(C)CC(C)CC(C)C[C@@H](C)C(=O)O1.COC1CC(N2CCCCC2)CC(C)O1. The van der Waals surface area contributed by atoms with Gasteiger partial charge in [-0.2, -0.15) is 0 Å². The lowest BCUT2D eigenvalue weighted by molar-refractivity contribution is -0.191. The Kier molecular flexibility index (Phi) is 21.2. The summed E-state index contributed by atoms with van der Waals surface area (Å²) in [7, 11) is 1.75. The standard InChI is InChI=1S/C20H38O3.C12H23NO2.C10H18O.C2H6/c1-7-8-15(4)19-12-18(21)16(5)10-13(2)9-14(3)11-17(6)20(22)23-19;1-10-8-11(9-12(14-2)15-10)13-6-4-3-5-7-13;1-4-10-5-7(2)11-8(3)9(10)6-10;1-2/h13-19,21H,7-12H2,1-6H3;10-12H,3-9H2,1-2H3;7-9H,4-6H2,1-3H3;1-2H3/t13?,14?,15?,16?,17-,18?,19?;;;/m1.../s1. The quantitative estimate of drug-likeness (QED) is 0.273. The minimum Gasteiger partial charge on any atom is -0.462 e. The van der Waals surface area contributed by atoms with Crippen LogP contribution < -0.4 is 0 Å². The number of aliphatic hydroxyl groups excluding tert-OH is 1. The van der Waals surface area contributed by atoms with E-state index in [1.54, 1.807) is 7.11 Å². The van der Waals surface area contributed by atoms with Gasteiger partial charge in [0, 0.05) is 26.0 Å². The molecule has 0 bridgehead atoms. The normalized spacial score (nSPS) is 41.2. The van der Waals surface area contributed by atoms with Gasteiger partial charge in [0.2, 0.25) is 0 Å². The monoisotopic (exact) mass is 724 g/mol. The van der Waals surface area contributed by atoms with Crippen LogP contribution in [-0.2, 0) is 23.7 Å². The van der Waals surface area contributed by atoms with Crippen molar-refractivity contribution < 1.29 is 28.8 Å². The van der Waals surface area contributed by atoms with E-state index in [1.165, 1.54) is 58.0 Å². The first-order valence-electron chi connectivity index (χ1n) is 21.7. The van der Waals surface area contributed by atoms with Crippen molar-refractivity contribution in [2.45, 2.75) is 216 Å². The molecule has 1 aliphatic carbocycles. The molecule has 4 heterocycles. The van der Waals surface area contributed by atoms with Crippen LogP contribution in [0.4, 0.5) is 0 Å². The zero-order valence-electron chi connectivity index (χ0n) is 35.8. The van der Waals surface area contributed by atoms with Crippen LogP contribution in [0, 0.1) is 40.9 Å². The smallest absolute Gasteiger partial charge is 0.308 e. The van der Waals surface area contributed by atoms with Gasteiger partial charge in [-0.25, -0.2) is 0 Å². The Bertz CT molecular complexity index is 943. The first-order chi connectivity index (χ1) is 24.2.